The van der Waals surface area contributed by atoms with E-state index in [1.807, 2.05) is 0 Å². The highest BCUT2D eigenvalue weighted by Crippen LogP contribution is 2.45. The topological polar surface area (TPSA) is 91.9 Å². The number of nitrogens with zero attached hydrogens (tertiary/aromatic N) is 1. The molecule has 6 nitrogen and oxygen atoms in total. The summed E-state index contributed by atoms with van der Waals surface area (Å²) in [4.78, 5) is 12.3. The van der Waals surface area contributed by atoms with Crippen LogP contribution in [0, 0.1) is 24.7 Å². The minimum atomic E-state index is -3.81. The number of rotatable bonds is 6. The van der Waals surface area contributed by atoms with Gasteiger partial charge in [-0.1, -0.05) is 38.5 Å². The van der Waals surface area contributed by atoms with E-state index in [4.69, 9.17) is 0 Å². The van der Waals surface area contributed by atoms with Gasteiger partial charge in [-0.05, 0) is 24.7 Å². The molecule has 2 aliphatic carbocycles. The smallest absolute Gasteiger partial charge is 0.267 e. The third kappa shape index (κ3) is 3.04. The molecule has 1 aromatic heterocycles. The zero-order chi connectivity index (χ0) is 15.7. The summed E-state index contributed by atoms with van der Waals surface area (Å²) in [6, 6.07) is 0. The summed E-state index contributed by atoms with van der Waals surface area (Å²) in [6.07, 6.45) is 8.77. The van der Waals surface area contributed by atoms with Gasteiger partial charge in [-0.15, -0.1) is 0 Å². The molecular formula is C15H23N3O3S. The summed E-state index contributed by atoms with van der Waals surface area (Å²) in [7, 11) is -3.81. The predicted octanol–water partition coefficient (Wildman–Crippen LogP) is 2.13. The van der Waals surface area contributed by atoms with E-state index in [1.54, 1.807) is 6.92 Å². The maximum Gasteiger partial charge on any atom is 0.267 e. The van der Waals surface area contributed by atoms with E-state index in [-0.39, 0.29) is 10.8 Å². The molecule has 2 N–H and O–H groups in total. The molecule has 2 saturated carbocycles. The summed E-state index contributed by atoms with van der Waals surface area (Å²) in [5, 5.41) is 6.28. The van der Waals surface area contributed by atoms with Gasteiger partial charge in [0.05, 0.1) is 11.9 Å². The van der Waals surface area contributed by atoms with Crippen molar-refractivity contribution in [1.29, 1.82) is 0 Å². The zero-order valence-electron chi connectivity index (χ0n) is 12.8. The van der Waals surface area contributed by atoms with Crippen molar-refractivity contribution in [2.75, 3.05) is 0 Å². The summed E-state index contributed by atoms with van der Waals surface area (Å²) in [6.45, 7) is 1.62. The number of amides is 1. The number of nitrogens with one attached hydrogen (secondary N) is 2. The number of aromatic nitrogens is 2. The Kier molecular flexibility index (Phi) is 4.25. The minimum Gasteiger partial charge on any atom is -0.281 e. The van der Waals surface area contributed by atoms with Gasteiger partial charge in [-0.3, -0.25) is 9.89 Å². The molecule has 0 unspecified atom stereocenters. The lowest BCUT2D eigenvalue weighted by Crippen LogP contribution is -2.38. The molecule has 0 aromatic carbocycles. The van der Waals surface area contributed by atoms with Gasteiger partial charge >= 0.3 is 0 Å². The first kappa shape index (κ1) is 15.5. The quantitative estimate of drug-likeness (QED) is 0.838. The van der Waals surface area contributed by atoms with Crippen molar-refractivity contribution in [3.05, 3.63) is 11.9 Å². The Bertz CT molecular complexity index is 631. The third-order valence-electron chi connectivity index (χ3n) is 5.25. The SMILES string of the molecule is Cc1[nH]ncc1S(=O)(=O)NC(=O)CC(C1CCC1)C1CCC1. The van der Waals surface area contributed by atoms with E-state index in [1.165, 1.54) is 44.7 Å². The van der Waals surface area contributed by atoms with Crippen molar-refractivity contribution in [3.63, 3.8) is 0 Å². The van der Waals surface area contributed by atoms with Gasteiger partial charge in [0.25, 0.3) is 10.0 Å². The van der Waals surface area contributed by atoms with Gasteiger partial charge in [-0.2, -0.15) is 5.10 Å². The molecule has 22 heavy (non-hydrogen) atoms. The van der Waals surface area contributed by atoms with Gasteiger partial charge in [0.15, 0.2) is 0 Å². The van der Waals surface area contributed by atoms with Crippen molar-refractivity contribution in [1.82, 2.24) is 14.9 Å². The summed E-state index contributed by atoms with van der Waals surface area (Å²) in [5.41, 5.74) is 0.440. The number of hydrogen-bond donors (Lipinski definition) is 2. The van der Waals surface area contributed by atoms with Crippen LogP contribution in [-0.2, 0) is 14.8 Å². The Hall–Kier alpha value is -1.37. The monoisotopic (exact) mass is 325 g/mol. The van der Waals surface area contributed by atoms with E-state index in [2.05, 4.69) is 14.9 Å². The fourth-order valence-corrected chi connectivity index (χ4v) is 4.66. The number of sulfonamides is 1. The second-order valence-corrected chi connectivity index (χ2v) is 8.29. The van der Waals surface area contributed by atoms with Crippen molar-refractivity contribution in [3.8, 4) is 0 Å². The van der Waals surface area contributed by atoms with Crippen LogP contribution in [0.2, 0.25) is 0 Å². The van der Waals surface area contributed by atoms with Crippen LogP contribution in [0.4, 0.5) is 0 Å². The van der Waals surface area contributed by atoms with E-state index >= 15 is 0 Å². The number of H-pyrrole nitrogens is 1. The molecule has 0 atom stereocenters. The Morgan fingerprint density at radius 3 is 2.32 bits per heavy atom. The molecule has 1 aromatic rings. The highest BCUT2D eigenvalue weighted by atomic mass is 32.2. The minimum absolute atomic E-state index is 0.0460. The van der Waals surface area contributed by atoms with Crippen molar-refractivity contribution < 1.29 is 13.2 Å². The number of aryl methyl sites for hydroxylation is 1. The van der Waals surface area contributed by atoms with Crippen LogP contribution in [0.5, 0.6) is 0 Å². The third-order valence-corrected chi connectivity index (χ3v) is 6.74. The Morgan fingerprint density at radius 1 is 1.32 bits per heavy atom. The van der Waals surface area contributed by atoms with Gasteiger partial charge in [0, 0.05) is 6.42 Å². The molecule has 3 rings (SSSR count). The normalized spacial score (nSPS) is 19.7. The fraction of sp³-hybridized carbons (Fsp3) is 0.733. The number of hydrogen-bond acceptors (Lipinski definition) is 4. The molecule has 1 amide bonds. The molecule has 1 heterocycles. The first-order valence-electron chi connectivity index (χ1n) is 8.03. The lowest BCUT2D eigenvalue weighted by molar-refractivity contribution is -0.122. The van der Waals surface area contributed by atoms with Gasteiger partial charge < -0.3 is 0 Å². The Balaban J connectivity index is 1.64. The Morgan fingerprint density at radius 2 is 1.91 bits per heavy atom. The highest BCUT2D eigenvalue weighted by Gasteiger charge is 2.37. The van der Waals surface area contributed by atoms with Gasteiger partial charge in [0.1, 0.15) is 4.90 Å². The van der Waals surface area contributed by atoms with E-state index < -0.39 is 10.0 Å². The van der Waals surface area contributed by atoms with Gasteiger partial charge in [0.2, 0.25) is 5.91 Å². The largest absolute Gasteiger partial charge is 0.281 e. The second-order valence-electron chi connectivity index (χ2n) is 6.64. The van der Waals surface area contributed by atoms with Crippen molar-refractivity contribution in [2.45, 2.75) is 56.8 Å². The van der Waals surface area contributed by atoms with Crippen LogP contribution in [0.3, 0.4) is 0 Å². The molecule has 0 aliphatic heterocycles. The van der Waals surface area contributed by atoms with E-state index in [9.17, 15) is 13.2 Å². The van der Waals surface area contributed by atoms with Crippen molar-refractivity contribution in [2.24, 2.45) is 17.8 Å². The first-order chi connectivity index (χ1) is 10.5. The van der Waals surface area contributed by atoms with Crippen LogP contribution in [-0.4, -0.2) is 24.5 Å². The molecule has 0 spiro atoms. The predicted molar refractivity (Wildman–Crippen MR) is 81.4 cm³/mol. The lowest BCUT2D eigenvalue weighted by atomic mass is 9.63. The van der Waals surface area contributed by atoms with E-state index in [0.717, 1.165) is 0 Å². The molecule has 0 saturated heterocycles. The number of aromatic amines is 1. The summed E-state index contributed by atoms with van der Waals surface area (Å²) < 4.78 is 26.7. The molecule has 0 bridgehead atoms. The van der Waals surface area contributed by atoms with Crippen LogP contribution < -0.4 is 4.72 Å². The molecule has 2 fully saturated rings. The average Bonchev–Trinajstić information content (AvgIpc) is 2.70. The molecular weight excluding hydrogens is 302 g/mol. The van der Waals surface area contributed by atoms with Crippen LogP contribution in [0.15, 0.2) is 11.1 Å². The number of carbonyl (C=O) groups excluding carboxylic acids is 1. The van der Waals surface area contributed by atoms with Crippen LogP contribution in [0.25, 0.3) is 0 Å². The maximum atomic E-state index is 12.2. The first-order valence-corrected chi connectivity index (χ1v) is 9.51. The molecule has 122 valence electrons. The zero-order valence-corrected chi connectivity index (χ0v) is 13.7. The molecule has 7 heteroatoms. The second kappa shape index (κ2) is 6.02. The average molecular weight is 325 g/mol. The van der Waals surface area contributed by atoms with Crippen LogP contribution in [0.1, 0.15) is 50.6 Å². The molecule has 2 aliphatic rings. The van der Waals surface area contributed by atoms with Crippen molar-refractivity contribution >= 4 is 15.9 Å². The number of carbonyl (C=O) groups is 1. The molecule has 0 radical (unpaired) electrons. The summed E-state index contributed by atoms with van der Waals surface area (Å²) >= 11 is 0. The highest BCUT2D eigenvalue weighted by molar-refractivity contribution is 7.90. The Labute approximate surface area is 131 Å². The lowest BCUT2D eigenvalue weighted by Gasteiger charge is -2.42. The standard InChI is InChI=1S/C15H23N3O3S/c1-10-14(9-16-17-10)22(20,21)18-15(19)8-13(11-4-2-5-11)12-6-3-7-12/h9,11-13H,2-8H2,1H3,(H,16,17)(H,18,19). The summed E-state index contributed by atoms with van der Waals surface area (Å²) in [5.74, 6) is 1.18. The van der Waals surface area contributed by atoms with E-state index in [0.29, 0.717) is 29.9 Å². The fourth-order valence-electron chi connectivity index (χ4n) is 3.53. The maximum absolute atomic E-state index is 12.2. The van der Waals surface area contributed by atoms with Crippen LogP contribution >= 0.6 is 0 Å². The van der Waals surface area contributed by atoms with Gasteiger partial charge in [-0.25, -0.2) is 13.1 Å².